The van der Waals surface area contributed by atoms with Crippen molar-refractivity contribution in [3.63, 3.8) is 0 Å². The fourth-order valence-electron chi connectivity index (χ4n) is 5.48. The number of ether oxygens (including phenoxy) is 1. The Morgan fingerprint density at radius 2 is 1.91 bits per heavy atom. The van der Waals surface area contributed by atoms with E-state index in [1.807, 2.05) is 27.7 Å². The van der Waals surface area contributed by atoms with Crippen molar-refractivity contribution >= 4 is 34.9 Å². The lowest BCUT2D eigenvalue weighted by Crippen LogP contribution is -2.27. The third-order valence-corrected chi connectivity index (χ3v) is 8.34. The smallest absolute Gasteiger partial charge is 0.276 e. The number of aromatic nitrogens is 6. The number of hydrogen-bond acceptors (Lipinski definition) is 8. The first-order valence-corrected chi connectivity index (χ1v) is 15.4. The molecule has 1 aliphatic carbocycles. The molecule has 4 heterocycles. The molecule has 0 spiro atoms. The first-order chi connectivity index (χ1) is 22.3. The maximum absolute atomic E-state index is 15.1. The van der Waals surface area contributed by atoms with Gasteiger partial charge < -0.3 is 10.1 Å². The maximum Gasteiger partial charge on any atom is 0.276 e. The molecular weight excluding hydrogens is 637 g/mol. The predicted octanol–water partition coefficient (Wildman–Crippen LogP) is 6.40. The van der Waals surface area contributed by atoms with Crippen LogP contribution in [0.1, 0.15) is 86.0 Å². The van der Waals surface area contributed by atoms with E-state index >= 15 is 4.39 Å². The van der Waals surface area contributed by atoms with Gasteiger partial charge in [-0.1, -0.05) is 17.7 Å². The lowest BCUT2D eigenvalue weighted by Gasteiger charge is -2.20. The van der Waals surface area contributed by atoms with Crippen LogP contribution in [0.4, 0.5) is 24.7 Å². The van der Waals surface area contributed by atoms with E-state index in [1.54, 1.807) is 22.0 Å². The molecular formula is C32H32ClF3N8O3. The first kappa shape index (κ1) is 32.5. The number of carbonyl (C=O) groups excluding carboxylic acids is 2. The molecule has 1 saturated heterocycles. The molecule has 1 N–H and O–H groups in total. The van der Waals surface area contributed by atoms with Gasteiger partial charge in [0.25, 0.3) is 12.3 Å². The van der Waals surface area contributed by atoms with Gasteiger partial charge in [-0.05, 0) is 53.0 Å². The van der Waals surface area contributed by atoms with Gasteiger partial charge >= 0.3 is 0 Å². The number of amides is 2. The Labute approximate surface area is 273 Å². The molecule has 1 aromatic carbocycles. The van der Waals surface area contributed by atoms with Crippen LogP contribution >= 0.6 is 11.6 Å². The van der Waals surface area contributed by atoms with E-state index in [4.69, 9.17) is 21.3 Å². The molecule has 47 heavy (non-hydrogen) atoms. The fraction of sp³-hybridized carbons (Fsp3) is 0.406. The van der Waals surface area contributed by atoms with Crippen molar-refractivity contribution in [2.45, 2.75) is 77.6 Å². The summed E-state index contributed by atoms with van der Waals surface area (Å²) in [7, 11) is 0. The fourth-order valence-corrected chi connectivity index (χ4v) is 5.64. The zero-order chi connectivity index (χ0) is 33.7. The number of aryl methyl sites for hydroxylation is 1. The number of rotatable bonds is 9. The predicted molar refractivity (Wildman–Crippen MR) is 167 cm³/mol. The van der Waals surface area contributed by atoms with Gasteiger partial charge in [-0.2, -0.15) is 5.10 Å². The summed E-state index contributed by atoms with van der Waals surface area (Å²) < 4.78 is 50.4. The summed E-state index contributed by atoms with van der Waals surface area (Å²) in [6.07, 6.45) is 5.58. The molecule has 0 bridgehead atoms. The first-order valence-electron chi connectivity index (χ1n) is 15.0. The summed E-state index contributed by atoms with van der Waals surface area (Å²) >= 11 is 5.92. The van der Waals surface area contributed by atoms with E-state index in [2.05, 4.69) is 25.4 Å². The monoisotopic (exact) mass is 668 g/mol. The molecule has 246 valence electrons. The van der Waals surface area contributed by atoms with Gasteiger partial charge in [0.2, 0.25) is 5.91 Å². The van der Waals surface area contributed by atoms with Gasteiger partial charge in [0.05, 0.1) is 64.3 Å². The van der Waals surface area contributed by atoms with Crippen molar-refractivity contribution in [3.8, 4) is 11.3 Å². The Hall–Kier alpha value is -4.43. The molecule has 2 amide bonds. The molecule has 11 nitrogen and oxygen atoms in total. The summed E-state index contributed by atoms with van der Waals surface area (Å²) in [5, 5.41) is 6.85. The lowest BCUT2D eigenvalue weighted by molar-refractivity contribution is -0.117. The normalized spacial score (nSPS) is 15.9. The Kier molecular flexibility index (Phi) is 8.51. The van der Waals surface area contributed by atoms with E-state index in [9.17, 15) is 18.4 Å². The summed E-state index contributed by atoms with van der Waals surface area (Å²) in [4.78, 5) is 45.5. The molecule has 15 heteroatoms. The highest BCUT2D eigenvalue weighted by Gasteiger charge is 2.49. The van der Waals surface area contributed by atoms with Crippen molar-refractivity contribution in [2.75, 3.05) is 16.8 Å². The third kappa shape index (κ3) is 6.44. The van der Waals surface area contributed by atoms with Crippen LogP contribution < -0.4 is 10.2 Å². The Morgan fingerprint density at radius 1 is 1.15 bits per heavy atom. The number of alkyl halides is 2. The molecule has 0 atom stereocenters. The van der Waals surface area contributed by atoms with Crippen molar-refractivity contribution in [1.29, 1.82) is 0 Å². The summed E-state index contributed by atoms with van der Waals surface area (Å²) in [5.41, 5.74) is -1.12. The van der Waals surface area contributed by atoms with Crippen molar-refractivity contribution < 1.29 is 27.5 Å². The minimum absolute atomic E-state index is 0.0271. The maximum atomic E-state index is 15.1. The third-order valence-electron chi connectivity index (χ3n) is 8.05. The highest BCUT2D eigenvalue weighted by Crippen LogP contribution is 2.48. The zero-order valence-electron chi connectivity index (χ0n) is 26.2. The number of carbonyl (C=O) groups is 2. The standard InChI is InChI=1S/C32H32ClF3N8O3/c1-17-29(43-11-5-6-24(43)45)38-14-23(40-17)32(9-10-32)44-15-18(12-39-44)41-30(46)27-22(16-47-31(2,3)4)37-13-21(42-27)25-19(28(35)36)7-8-20(33)26(25)34/h7-8,12-15,28H,5-6,9-11,16H2,1-4H3,(H,41,46). The van der Waals surface area contributed by atoms with E-state index in [0.717, 1.165) is 37.6 Å². The number of nitrogens with zero attached hydrogens (tertiary/aromatic N) is 7. The highest BCUT2D eigenvalue weighted by molar-refractivity contribution is 6.31. The quantitative estimate of drug-likeness (QED) is 0.217. The molecule has 2 fully saturated rings. The number of benzene rings is 1. The second-order valence-electron chi connectivity index (χ2n) is 12.6. The number of hydrogen-bond donors (Lipinski definition) is 1. The Morgan fingerprint density at radius 3 is 2.55 bits per heavy atom. The van der Waals surface area contributed by atoms with E-state index in [0.29, 0.717) is 35.9 Å². The van der Waals surface area contributed by atoms with Crippen molar-refractivity contribution in [1.82, 2.24) is 29.7 Å². The van der Waals surface area contributed by atoms with Gasteiger partial charge in [0.15, 0.2) is 17.3 Å². The van der Waals surface area contributed by atoms with E-state index in [1.165, 1.54) is 6.20 Å². The molecule has 3 aromatic heterocycles. The van der Waals surface area contributed by atoms with Crippen LogP contribution in [0.15, 0.2) is 36.9 Å². The molecule has 2 aliphatic rings. The minimum atomic E-state index is -3.03. The highest BCUT2D eigenvalue weighted by atomic mass is 35.5. The van der Waals surface area contributed by atoms with Crippen LogP contribution in [0.2, 0.25) is 5.02 Å². The van der Waals surface area contributed by atoms with Crippen LogP contribution in [0.5, 0.6) is 0 Å². The van der Waals surface area contributed by atoms with Gasteiger partial charge in [-0.25, -0.2) is 23.1 Å². The number of halogens is 4. The van der Waals surface area contributed by atoms with E-state index in [-0.39, 0.29) is 34.6 Å². The topological polar surface area (TPSA) is 128 Å². The Balaban J connectivity index is 1.29. The van der Waals surface area contributed by atoms with E-state index < -0.39 is 40.4 Å². The summed E-state index contributed by atoms with van der Waals surface area (Å²) in [6.45, 7) is 7.76. The van der Waals surface area contributed by atoms with Crippen molar-refractivity contribution in [2.24, 2.45) is 0 Å². The van der Waals surface area contributed by atoms with Crippen LogP contribution in [-0.2, 0) is 21.7 Å². The zero-order valence-corrected chi connectivity index (χ0v) is 26.9. The molecule has 6 rings (SSSR count). The van der Waals surface area contributed by atoms with Crippen LogP contribution in [0.3, 0.4) is 0 Å². The molecule has 1 aliphatic heterocycles. The largest absolute Gasteiger partial charge is 0.369 e. The second kappa shape index (κ2) is 12.3. The van der Waals surface area contributed by atoms with Gasteiger partial charge in [0, 0.05) is 30.3 Å². The molecule has 0 radical (unpaired) electrons. The number of nitrogens with one attached hydrogen (secondary N) is 1. The van der Waals surface area contributed by atoms with Gasteiger partial charge in [0.1, 0.15) is 5.54 Å². The van der Waals surface area contributed by atoms with Crippen molar-refractivity contribution in [3.05, 3.63) is 76.1 Å². The van der Waals surface area contributed by atoms with Crippen LogP contribution in [-0.4, -0.2) is 53.7 Å². The minimum Gasteiger partial charge on any atom is -0.369 e. The Bertz CT molecular complexity index is 1870. The van der Waals surface area contributed by atoms with Crippen LogP contribution in [0, 0.1) is 12.7 Å². The van der Waals surface area contributed by atoms with Gasteiger partial charge in [-0.3, -0.25) is 29.1 Å². The molecule has 4 aromatic rings. The SMILES string of the molecule is Cc1nc(C2(n3cc(NC(=O)c4nc(-c5c(C(F)F)ccc(Cl)c5F)cnc4COC(C)(C)C)cn3)CC2)cnc1N1CCCC1=O. The average Bonchev–Trinajstić information content (AvgIpc) is 3.51. The number of anilines is 2. The molecule has 0 unspecified atom stereocenters. The second-order valence-corrected chi connectivity index (χ2v) is 13.0. The average molecular weight is 669 g/mol. The summed E-state index contributed by atoms with van der Waals surface area (Å²) in [6, 6.07) is 2.05. The summed E-state index contributed by atoms with van der Waals surface area (Å²) in [5.74, 6) is -1.25. The van der Waals surface area contributed by atoms with Gasteiger partial charge in [-0.15, -0.1) is 0 Å². The lowest BCUT2D eigenvalue weighted by atomic mass is 10.0. The van der Waals surface area contributed by atoms with Crippen LogP contribution in [0.25, 0.3) is 11.3 Å². The molecule has 1 saturated carbocycles.